The number of nitrogens with two attached hydrogens (primary N) is 1. The van der Waals surface area contributed by atoms with Crippen LogP contribution in [0, 0.1) is 0 Å². The summed E-state index contributed by atoms with van der Waals surface area (Å²) < 4.78 is 0. The minimum atomic E-state index is -0.100. The van der Waals surface area contributed by atoms with Crippen LogP contribution in [0.5, 0.6) is 0 Å². The first kappa shape index (κ1) is 17.0. The fourth-order valence-corrected chi connectivity index (χ4v) is 1.82. The van der Waals surface area contributed by atoms with E-state index in [4.69, 9.17) is 5.73 Å². The van der Waals surface area contributed by atoms with Gasteiger partial charge in [-0.1, -0.05) is 6.07 Å². The summed E-state index contributed by atoms with van der Waals surface area (Å²) >= 11 is 0. The van der Waals surface area contributed by atoms with Crippen LogP contribution in [0.3, 0.4) is 0 Å². The quantitative estimate of drug-likeness (QED) is 0.656. The van der Waals surface area contributed by atoms with Crippen molar-refractivity contribution in [2.24, 2.45) is 0 Å². The molecule has 4 N–H and O–H groups in total. The van der Waals surface area contributed by atoms with E-state index in [0.717, 1.165) is 0 Å². The summed E-state index contributed by atoms with van der Waals surface area (Å²) in [4.78, 5) is 25.2. The van der Waals surface area contributed by atoms with Crippen molar-refractivity contribution in [3.05, 3.63) is 24.3 Å². The molecule has 0 saturated heterocycles. The lowest BCUT2D eigenvalue weighted by atomic mass is 10.2. The summed E-state index contributed by atoms with van der Waals surface area (Å²) in [5, 5.41) is 5.59. The Morgan fingerprint density at radius 2 is 2.00 bits per heavy atom. The lowest BCUT2D eigenvalue weighted by Gasteiger charge is -2.17. The lowest BCUT2D eigenvalue weighted by molar-refractivity contribution is -0.123. The van der Waals surface area contributed by atoms with Crippen LogP contribution >= 0.6 is 0 Å². The molecule has 2 amide bonds. The molecule has 6 nitrogen and oxygen atoms in total. The number of nitrogen functional groups attached to an aromatic ring is 1. The molecule has 1 aromatic carbocycles. The van der Waals surface area contributed by atoms with E-state index in [2.05, 4.69) is 10.6 Å². The number of rotatable bonds is 7. The number of anilines is 2. The van der Waals surface area contributed by atoms with Gasteiger partial charge in [-0.15, -0.1) is 0 Å². The van der Waals surface area contributed by atoms with Crippen molar-refractivity contribution in [3.8, 4) is 0 Å². The van der Waals surface area contributed by atoms with Crippen molar-refractivity contribution in [2.75, 3.05) is 31.2 Å². The van der Waals surface area contributed by atoms with Crippen molar-refractivity contribution < 1.29 is 9.59 Å². The topological polar surface area (TPSA) is 87.5 Å². The Labute approximate surface area is 125 Å². The molecule has 21 heavy (non-hydrogen) atoms. The van der Waals surface area contributed by atoms with Gasteiger partial charge in [-0.05, 0) is 39.1 Å². The lowest BCUT2D eigenvalue weighted by Crippen LogP contribution is -2.39. The molecule has 0 fully saturated rings. The molecule has 116 valence electrons. The Kier molecular flexibility index (Phi) is 6.68. The van der Waals surface area contributed by atoms with Crippen LogP contribution in [-0.4, -0.2) is 42.9 Å². The Balaban J connectivity index is 2.31. The highest BCUT2D eigenvalue weighted by Crippen LogP contribution is 2.11. The van der Waals surface area contributed by atoms with Crippen LogP contribution in [0.1, 0.15) is 20.3 Å². The summed E-state index contributed by atoms with van der Waals surface area (Å²) in [5.74, 6) is -0.138. The molecule has 0 atom stereocenters. The average Bonchev–Trinajstić information content (AvgIpc) is 2.35. The largest absolute Gasteiger partial charge is 0.399 e. The van der Waals surface area contributed by atoms with Crippen molar-refractivity contribution in [2.45, 2.75) is 26.3 Å². The van der Waals surface area contributed by atoms with Crippen molar-refractivity contribution in [1.82, 2.24) is 10.2 Å². The van der Waals surface area contributed by atoms with E-state index in [1.807, 2.05) is 25.8 Å². The molecule has 1 aromatic rings. The second-order valence-electron chi connectivity index (χ2n) is 5.38. The van der Waals surface area contributed by atoms with Gasteiger partial charge in [-0.25, -0.2) is 0 Å². The molecule has 1 rings (SSSR count). The molecular formula is C15H24N4O2. The summed E-state index contributed by atoms with van der Waals surface area (Å²) in [6, 6.07) is 7.16. The van der Waals surface area contributed by atoms with Gasteiger partial charge in [0.2, 0.25) is 11.8 Å². The third-order valence-corrected chi connectivity index (χ3v) is 2.75. The van der Waals surface area contributed by atoms with E-state index in [1.165, 1.54) is 0 Å². The molecule has 6 heteroatoms. The highest BCUT2D eigenvalue weighted by molar-refractivity contribution is 5.91. The molecule has 0 radical (unpaired) electrons. The van der Waals surface area contributed by atoms with Gasteiger partial charge in [-0.2, -0.15) is 0 Å². The van der Waals surface area contributed by atoms with Crippen LogP contribution in [0.15, 0.2) is 24.3 Å². The van der Waals surface area contributed by atoms with Crippen LogP contribution < -0.4 is 16.4 Å². The van der Waals surface area contributed by atoms with E-state index in [1.54, 1.807) is 24.3 Å². The van der Waals surface area contributed by atoms with Gasteiger partial charge in [0.05, 0.1) is 6.54 Å². The van der Waals surface area contributed by atoms with Crippen LogP contribution in [-0.2, 0) is 9.59 Å². The molecule has 0 aliphatic rings. The highest BCUT2D eigenvalue weighted by atomic mass is 16.2. The second kappa shape index (κ2) is 8.26. The number of benzene rings is 1. The van der Waals surface area contributed by atoms with Crippen LogP contribution in [0.4, 0.5) is 11.4 Å². The number of hydrogen-bond acceptors (Lipinski definition) is 4. The van der Waals surface area contributed by atoms with E-state index in [9.17, 15) is 9.59 Å². The molecule has 0 heterocycles. The van der Waals surface area contributed by atoms with Gasteiger partial charge in [-0.3, -0.25) is 14.5 Å². The number of amides is 2. The first-order valence-electron chi connectivity index (χ1n) is 7.00. The Morgan fingerprint density at radius 1 is 1.29 bits per heavy atom. The minimum absolute atomic E-state index is 0.0382. The fourth-order valence-electron chi connectivity index (χ4n) is 1.82. The minimum Gasteiger partial charge on any atom is -0.399 e. The van der Waals surface area contributed by atoms with E-state index in [0.29, 0.717) is 24.3 Å². The number of carbonyl (C=O) groups is 2. The van der Waals surface area contributed by atoms with Gasteiger partial charge >= 0.3 is 0 Å². The van der Waals surface area contributed by atoms with Crippen LogP contribution in [0.2, 0.25) is 0 Å². The summed E-state index contributed by atoms with van der Waals surface area (Å²) in [5.41, 5.74) is 6.93. The monoisotopic (exact) mass is 292 g/mol. The first-order valence-corrected chi connectivity index (χ1v) is 7.00. The Morgan fingerprint density at radius 3 is 2.62 bits per heavy atom. The van der Waals surface area contributed by atoms with E-state index < -0.39 is 0 Å². The zero-order valence-corrected chi connectivity index (χ0v) is 12.8. The Hall–Kier alpha value is -2.08. The van der Waals surface area contributed by atoms with Crippen LogP contribution in [0.25, 0.3) is 0 Å². The normalized spacial score (nSPS) is 10.7. The second-order valence-corrected chi connectivity index (χ2v) is 5.38. The molecule has 0 saturated carbocycles. The summed E-state index contributed by atoms with van der Waals surface area (Å²) in [6.45, 7) is 4.62. The maximum atomic E-state index is 11.8. The number of nitrogens with one attached hydrogen (secondary N) is 2. The maximum absolute atomic E-state index is 11.8. The smallest absolute Gasteiger partial charge is 0.234 e. The maximum Gasteiger partial charge on any atom is 0.234 e. The summed E-state index contributed by atoms with van der Waals surface area (Å²) in [7, 11) is 1.81. The third-order valence-electron chi connectivity index (χ3n) is 2.75. The molecular weight excluding hydrogens is 268 g/mol. The van der Waals surface area contributed by atoms with Gasteiger partial charge in [0.1, 0.15) is 0 Å². The average molecular weight is 292 g/mol. The van der Waals surface area contributed by atoms with E-state index in [-0.39, 0.29) is 24.4 Å². The third kappa shape index (κ3) is 7.31. The SMILES string of the molecule is CC(C)NC(=O)CN(C)CCC(=O)Nc1cccc(N)c1. The van der Waals surface area contributed by atoms with Crippen molar-refractivity contribution >= 4 is 23.2 Å². The zero-order chi connectivity index (χ0) is 15.8. The predicted octanol–water partition coefficient (Wildman–Crippen LogP) is 1.05. The summed E-state index contributed by atoms with van der Waals surface area (Å²) in [6.07, 6.45) is 0.320. The highest BCUT2D eigenvalue weighted by Gasteiger charge is 2.09. The van der Waals surface area contributed by atoms with Crippen molar-refractivity contribution in [3.63, 3.8) is 0 Å². The molecule has 0 spiro atoms. The van der Waals surface area contributed by atoms with E-state index >= 15 is 0 Å². The number of carbonyl (C=O) groups excluding carboxylic acids is 2. The van der Waals surface area contributed by atoms with Gasteiger partial charge in [0.15, 0.2) is 0 Å². The van der Waals surface area contributed by atoms with Gasteiger partial charge < -0.3 is 16.4 Å². The molecule has 0 bridgehead atoms. The Bertz CT molecular complexity index is 488. The first-order chi connectivity index (χ1) is 9.86. The van der Waals surface area contributed by atoms with Gasteiger partial charge in [0, 0.05) is 30.4 Å². The van der Waals surface area contributed by atoms with Crippen molar-refractivity contribution in [1.29, 1.82) is 0 Å². The molecule has 0 aliphatic carbocycles. The molecule has 0 aliphatic heterocycles. The van der Waals surface area contributed by atoms with Gasteiger partial charge in [0.25, 0.3) is 0 Å². The zero-order valence-electron chi connectivity index (χ0n) is 12.8. The fraction of sp³-hybridized carbons (Fsp3) is 0.467. The number of nitrogens with zero attached hydrogens (tertiary/aromatic N) is 1. The number of likely N-dealkylation sites (N-methyl/N-ethyl adjacent to an activating group) is 1. The molecule has 0 aromatic heterocycles. The number of hydrogen-bond donors (Lipinski definition) is 3. The molecule has 0 unspecified atom stereocenters. The predicted molar refractivity (Wildman–Crippen MR) is 84.9 cm³/mol. The standard InChI is InChI=1S/C15H24N4O2/c1-11(2)17-15(21)10-19(3)8-7-14(20)18-13-6-4-5-12(16)9-13/h4-6,9,11H,7-8,10,16H2,1-3H3,(H,17,21)(H,18,20).